The first-order valence-corrected chi connectivity index (χ1v) is 6.90. The van der Waals surface area contributed by atoms with E-state index in [-0.39, 0.29) is 12.5 Å². The fourth-order valence-electron chi connectivity index (χ4n) is 2.97. The molecule has 1 saturated carbocycles. The van der Waals surface area contributed by atoms with Gasteiger partial charge in [-0.05, 0) is 25.7 Å². The number of aliphatic hydroxyl groups is 1. The van der Waals surface area contributed by atoms with E-state index in [1.54, 1.807) is 0 Å². The largest absolute Gasteiger partial charge is 0.481 e. The molecule has 5 nitrogen and oxygen atoms in total. The molecule has 0 spiro atoms. The van der Waals surface area contributed by atoms with E-state index in [0.717, 1.165) is 12.8 Å². The molecular formula is C14H21NO4. The number of nitrogens with one attached hydrogen (secondary N) is 1. The Hall–Kier alpha value is -1.36. The van der Waals surface area contributed by atoms with Gasteiger partial charge in [0.25, 0.3) is 0 Å². The summed E-state index contributed by atoms with van der Waals surface area (Å²) in [6, 6.07) is 0. The molecule has 0 aromatic rings. The molecule has 0 aliphatic heterocycles. The summed E-state index contributed by atoms with van der Waals surface area (Å²) in [7, 11) is 0. The Morgan fingerprint density at radius 1 is 1.16 bits per heavy atom. The lowest BCUT2D eigenvalue weighted by Crippen LogP contribution is -2.45. The van der Waals surface area contributed by atoms with E-state index in [1.165, 1.54) is 0 Å². The van der Waals surface area contributed by atoms with Crippen molar-refractivity contribution in [2.75, 3.05) is 6.54 Å². The fraction of sp³-hybridized carbons (Fsp3) is 0.714. The number of carbonyl (C=O) groups is 2. The van der Waals surface area contributed by atoms with Crippen LogP contribution >= 0.6 is 0 Å². The zero-order valence-corrected chi connectivity index (χ0v) is 11.0. The molecule has 2 aliphatic rings. The second-order valence-corrected chi connectivity index (χ2v) is 5.64. The van der Waals surface area contributed by atoms with Crippen molar-refractivity contribution in [1.82, 2.24) is 5.32 Å². The van der Waals surface area contributed by atoms with Crippen LogP contribution in [0.25, 0.3) is 0 Å². The summed E-state index contributed by atoms with van der Waals surface area (Å²) in [5.41, 5.74) is -0.793. The van der Waals surface area contributed by atoms with Gasteiger partial charge in [-0.3, -0.25) is 9.59 Å². The number of hydrogen-bond acceptors (Lipinski definition) is 3. The normalized spacial score (nSPS) is 29.1. The number of amides is 1. The van der Waals surface area contributed by atoms with E-state index in [0.29, 0.717) is 25.7 Å². The van der Waals surface area contributed by atoms with Gasteiger partial charge in [0.05, 0.1) is 17.4 Å². The highest BCUT2D eigenvalue weighted by atomic mass is 16.4. The van der Waals surface area contributed by atoms with E-state index in [1.807, 2.05) is 12.2 Å². The molecule has 0 aromatic carbocycles. The minimum atomic E-state index is -0.927. The van der Waals surface area contributed by atoms with Gasteiger partial charge in [-0.15, -0.1) is 0 Å². The molecule has 0 radical (unpaired) electrons. The smallest absolute Gasteiger partial charge is 0.307 e. The first-order valence-electron chi connectivity index (χ1n) is 6.90. The first-order chi connectivity index (χ1) is 9.02. The molecule has 2 atom stereocenters. The Morgan fingerprint density at radius 3 is 2.32 bits per heavy atom. The fourth-order valence-corrected chi connectivity index (χ4v) is 2.97. The topological polar surface area (TPSA) is 86.6 Å². The number of carbonyl (C=O) groups excluding carboxylic acids is 1. The van der Waals surface area contributed by atoms with Crippen LogP contribution in [0.2, 0.25) is 0 Å². The van der Waals surface area contributed by atoms with E-state index < -0.39 is 23.4 Å². The molecule has 19 heavy (non-hydrogen) atoms. The van der Waals surface area contributed by atoms with Gasteiger partial charge in [0.1, 0.15) is 0 Å². The summed E-state index contributed by atoms with van der Waals surface area (Å²) in [5, 5.41) is 22.0. The van der Waals surface area contributed by atoms with Crippen molar-refractivity contribution in [2.45, 2.75) is 44.1 Å². The highest BCUT2D eigenvalue weighted by Crippen LogP contribution is 2.30. The lowest BCUT2D eigenvalue weighted by atomic mass is 9.82. The highest BCUT2D eigenvalue weighted by Gasteiger charge is 2.36. The van der Waals surface area contributed by atoms with Gasteiger partial charge in [-0.2, -0.15) is 0 Å². The predicted octanol–water partition coefficient (Wildman–Crippen LogP) is 1.07. The molecule has 3 N–H and O–H groups in total. The average Bonchev–Trinajstić information content (AvgIpc) is 2.83. The third-order valence-corrected chi connectivity index (χ3v) is 4.21. The number of carboxylic acid groups (broad SMARTS) is 1. The van der Waals surface area contributed by atoms with E-state index in [4.69, 9.17) is 5.11 Å². The van der Waals surface area contributed by atoms with Gasteiger partial charge < -0.3 is 15.5 Å². The summed E-state index contributed by atoms with van der Waals surface area (Å²) in [6.45, 7) is 0.235. The Morgan fingerprint density at radius 2 is 1.74 bits per heavy atom. The van der Waals surface area contributed by atoms with Crippen molar-refractivity contribution < 1.29 is 19.8 Å². The monoisotopic (exact) mass is 267 g/mol. The van der Waals surface area contributed by atoms with Gasteiger partial charge in [-0.25, -0.2) is 0 Å². The summed E-state index contributed by atoms with van der Waals surface area (Å²) >= 11 is 0. The van der Waals surface area contributed by atoms with Gasteiger partial charge in [-0.1, -0.05) is 25.0 Å². The first kappa shape index (κ1) is 14.1. The van der Waals surface area contributed by atoms with Crippen LogP contribution in [0.4, 0.5) is 0 Å². The number of allylic oxidation sites excluding steroid dienone is 2. The minimum absolute atomic E-state index is 0.235. The summed E-state index contributed by atoms with van der Waals surface area (Å²) in [5.74, 6) is -2.35. The van der Waals surface area contributed by atoms with Crippen LogP contribution in [0, 0.1) is 11.8 Å². The van der Waals surface area contributed by atoms with Crippen LogP contribution in [0.1, 0.15) is 38.5 Å². The van der Waals surface area contributed by atoms with Crippen molar-refractivity contribution in [1.29, 1.82) is 0 Å². The quantitative estimate of drug-likeness (QED) is 0.665. The van der Waals surface area contributed by atoms with Gasteiger partial charge >= 0.3 is 5.97 Å². The molecule has 1 amide bonds. The highest BCUT2D eigenvalue weighted by molar-refractivity contribution is 5.85. The molecule has 0 unspecified atom stereocenters. The summed E-state index contributed by atoms with van der Waals surface area (Å²) < 4.78 is 0. The van der Waals surface area contributed by atoms with Gasteiger partial charge in [0.15, 0.2) is 0 Å². The maximum Gasteiger partial charge on any atom is 0.307 e. The van der Waals surface area contributed by atoms with E-state index in [9.17, 15) is 14.7 Å². The standard InChI is InChI=1S/C14H21NO4/c16-12(15-9-14(19)7-3-4-8-14)10-5-1-2-6-11(10)13(17)18/h1-2,10-11,19H,3-9H2,(H,15,16)(H,17,18)/t10-,11+/m1/s1. The second-order valence-electron chi connectivity index (χ2n) is 5.64. The van der Waals surface area contributed by atoms with Crippen LogP contribution in [-0.4, -0.2) is 34.2 Å². The third-order valence-electron chi connectivity index (χ3n) is 4.21. The van der Waals surface area contributed by atoms with E-state index >= 15 is 0 Å². The molecule has 0 bridgehead atoms. The molecular weight excluding hydrogens is 246 g/mol. The predicted molar refractivity (Wildman–Crippen MR) is 69.4 cm³/mol. The van der Waals surface area contributed by atoms with Crippen LogP contribution < -0.4 is 5.32 Å². The Balaban J connectivity index is 1.91. The molecule has 106 valence electrons. The SMILES string of the molecule is O=C(O)[C@H]1CC=CC[C@H]1C(=O)NCC1(O)CCCC1. The van der Waals surface area contributed by atoms with Crippen molar-refractivity contribution in [3.8, 4) is 0 Å². The van der Waals surface area contributed by atoms with Crippen LogP contribution in [0.15, 0.2) is 12.2 Å². The lowest BCUT2D eigenvalue weighted by Gasteiger charge is -2.27. The van der Waals surface area contributed by atoms with Gasteiger partial charge in [0.2, 0.25) is 5.91 Å². The van der Waals surface area contributed by atoms with Crippen molar-refractivity contribution in [3.63, 3.8) is 0 Å². The number of rotatable bonds is 4. The third kappa shape index (κ3) is 3.35. The van der Waals surface area contributed by atoms with E-state index in [2.05, 4.69) is 5.32 Å². The molecule has 0 aromatic heterocycles. The maximum atomic E-state index is 12.1. The van der Waals surface area contributed by atoms with Crippen molar-refractivity contribution in [2.24, 2.45) is 11.8 Å². The maximum absolute atomic E-state index is 12.1. The number of aliphatic carboxylic acids is 1. The zero-order chi connectivity index (χ0) is 13.9. The zero-order valence-electron chi connectivity index (χ0n) is 11.0. The number of hydrogen-bond donors (Lipinski definition) is 3. The summed E-state index contributed by atoms with van der Waals surface area (Å²) in [6.07, 6.45) is 7.91. The molecule has 1 fully saturated rings. The van der Waals surface area contributed by atoms with Crippen LogP contribution in [0.3, 0.4) is 0 Å². The Labute approximate surface area is 112 Å². The van der Waals surface area contributed by atoms with Crippen LogP contribution in [-0.2, 0) is 9.59 Å². The Kier molecular flexibility index (Phi) is 4.24. The number of carboxylic acids is 1. The van der Waals surface area contributed by atoms with Gasteiger partial charge in [0, 0.05) is 6.54 Å². The van der Waals surface area contributed by atoms with Crippen LogP contribution in [0.5, 0.6) is 0 Å². The van der Waals surface area contributed by atoms with Crippen molar-refractivity contribution in [3.05, 3.63) is 12.2 Å². The Bertz CT molecular complexity index is 385. The average molecular weight is 267 g/mol. The molecule has 2 aliphatic carbocycles. The minimum Gasteiger partial charge on any atom is -0.481 e. The second kappa shape index (κ2) is 5.74. The molecule has 5 heteroatoms. The van der Waals surface area contributed by atoms with Crippen molar-refractivity contribution >= 4 is 11.9 Å². The lowest BCUT2D eigenvalue weighted by molar-refractivity contribution is -0.147. The molecule has 0 heterocycles. The molecule has 0 saturated heterocycles. The summed E-state index contributed by atoms with van der Waals surface area (Å²) in [4.78, 5) is 23.2. The molecule has 2 rings (SSSR count).